The maximum Gasteiger partial charge on any atom is 0.314 e. The van der Waals surface area contributed by atoms with Gasteiger partial charge in [-0.3, -0.25) is 4.79 Å². The second kappa shape index (κ2) is 3.76. The van der Waals surface area contributed by atoms with Crippen molar-refractivity contribution in [2.75, 3.05) is 5.75 Å². The predicted octanol–water partition coefficient (Wildman–Crippen LogP) is 1.76. The van der Waals surface area contributed by atoms with Gasteiger partial charge in [-0.2, -0.15) is 0 Å². The highest BCUT2D eigenvalue weighted by atomic mass is 32.2. The summed E-state index contributed by atoms with van der Waals surface area (Å²) in [6.07, 6.45) is 3.69. The summed E-state index contributed by atoms with van der Waals surface area (Å²) in [6.45, 7) is 0. The Morgan fingerprint density at radius 1 is 1.38 bits per heavy atom. The topological polar surface area (TPSA) is 76.2 Å². The van der Waals surface area contributed by atoms with Crippen molar-refractivity contribution >= 4 is 17.7 Å². The summed E-state index contributed by atoms with van der Waals surface area (Å²) in [4.78, 5) is 10.4. The number of rotatable bonds is 4. The second-order valence-electron chi connectivity index (χ2n) is 4.51. The Hall–Kier alpha value is -1.04. The number of thioether (sulfide) groups is 1. The zero-order valence-electron chi connectivity index (χ0n) is 8.63. The molecule has 0 radical (unpaired) electrons. The van der Waals surface area contributed by atoms with Gasteiger partial charge in [0.05, 0.1) is 0 Å². The van der Waals surface area contributed by atoms with E-state index in [4.69, 9.17) is 9.52 Å². The number of nitrogens with zero attached hydrogens (tertiary/aromatic N) is 2. The van der Waals surface area contributed by atoms with Gasteiger partial charge in [0.1, 0.15) is 5.75 Å². The van der Waals surface area contributed by atoms with E-state index in [1.54, 1.807) is 0 Å². The summed E-state index contributed by atoms with van der Waals surface area (Å²) in [5, 5.41) is 16.8. The normalized spacial score (nSPS) is 31.4. The van der Waals surface area contributed by atoms with E-state index in [9.17, 15) is 4.79 Å². The molecule has 5 nitrogen and oxygen atoms in total. The molecule has 1 aromatic rings. The van der Waals surface area contributed by atoms with Crippen molar-refractivity contribution < 1.29 is 14.3 Å². The lowest BCUT2D eigenvalue weighted by molar-refractivity contribution is -0.133. The average molecular weight is 240 g/mol. The lowest BCUT2D eigenvalue weighted by Gasteiger charge is -2.04. The molecule has 2 saturated carbocycles. The summed E-state index contributed by atoms with van der Waals surface area (Å²) in [6, 6.07) is 0. The molecule has 1 heterocycles. The van der Waals surface area contributed by atoms with Crippen molar-refractivity contribution in [3.05, 3.63) is 5.89 Å². The van der Waals surface area contributed by atoms with Gasteiger partial charge in [0.2, 0.25) is 5.89 Å². The molecule has 2 fully saturated rings. The Kier molecular flexibility index (Phi) is 2.38. The first-order valence-electron chi connectivity index (χ1n) is 5.40. The molecule has 1 N–H and O–H groups in total. The highest BCUT2D eigenvalue weighted by Gasteiger charge is 2.47. The Balaban J connectivity index is 1.61. The minimum atomic E-state index is -0.869. The maximum absolute atomic E-state index is 10.4. The van der Waals surface area contributed by atoms with Gasteiger partial charge in [-0.05, 0) is 31.1 Å². The number of aromatic nitrogens is 2. The van der Waals surface area contributed by atoms with Crippen LogP contribution in [0, 0.1) is 11.8 Å². The van der Waals surface area contributed by atoms with Crippen molar-refractivity contribution in [1.82, 2.24) is 10.2 Å². The Morgan fingerprint density at radius 2 is 2.12 bits per heavy atom. The first-order chi connectivity index (χ1) is 7.72. The van der Waals surface area contributed by atoms with E-state index in [1.165, 1.54) is 6.42 Å². The molecule has 0 spiro atoms. The molecule has 2 unspecified atom stereocenters. The monoisotopic (exact) mass is 240 g/mol. The van der Waals surface area contributed by atoms with Crippen molar-refractivity contribution in [2.24, 2.45) is 11.8 Å². The van der Waals surface area contributed by atoms with E-state index >= 15 is 0 Å². The number of carbonyl (C=O) groups is 1. The first-order valence-corrected chi connectivity index (χ1v) is 6.39. The molecule has 0 aromatic carbocycles. The zero-order chi connectivity index (χ0) is 11.1. The molecule has 0 aliphatic heterocycles. The molecular formula is C10H12N2O3S. The van der Waals surface area contributed by atoms with Gasteiger partial charge in [-0.1, -0.05) is 11.8 Å². The summed E-state index contributed by atoms with van der Waals surface area (Å²) in [5.41, 5.74) is 0. The lowest BCUT2D eigenvalue weighted by atomic mass is 10.0. The van der Waals surface area contributed by atoms with Crippen LogP contribution in [0.15, 0.2) is 9.64 Å². The van der Waals surface area contributed by atoms with Crippen molar-refractivity contribution in [3.63, 3.8) is 0 Å². The Labute approximate surface area is 96.6 Å². The molecule has 2 aliphatic carbocycles. The van der Waals surface area contributed by atoms with E-state index in [-0.39, 0.29) is 5.75 Å². The van der Waals surface area contributed by atoms with Gasteiger partial charge in [0.25, 0.3) is 5.22 Å². The molecule has 2 atom stereocenters. The van der Waals surface area contributed by atoms with E-state index in [1.807, 2.05) is 0 Å². The largest absolute Gasteiger partial charge is 0.481 e. The number of hydrogen-bond donors (Lipinski definition) is 1. The van der Waals surface area contributed by atoms with E-state index in [0.717, 1.165) is 36.4 Å². The zero-order valence-corrected chi connectivity index (χ0v) is 9.44. The number of carboxylic acid groups (broad SMARTS) is 1. The smallest absolute Gasteiger partial charge is 0.314 e. The molecule has 3 rings (SSSR count). The molecule has 1 aromatic heterocycles. The molecule has 0 saturated heterocycles. The van der Waals surface area contributed by atoms with Crippen LogP contribution in [0.1, 0.15) is 31.1 Å². The summed E-state index contributed by atoms with van der Waals surface area (Å²) in [5.74, 6) is 1.97. The van der Waals surface area contributed by atoms with Crippen LogP contribution < -0.4 is 0 Å². The molecule has 0 bridgehead atoms. The summed E-state index contributed by atoms with van der Waals surface area (Å²) < 4.78 is 5.46. The van der Waals surface area contributed by atoms with Crippen LogP contribution >= 0.6 is 11.8 Å². The fourth-order valence-corrected chi connectivity index (χ4v) is 2.97. The average Bonchev–Trinajstić information content (AvgIpc) is 2.71. The van der Waals surface area contributed by atoms with Gasteiger partial charge < -0.3 is 9.52 Å². The third-order valence-corrected chi connectivity index (χ3v) is 4.14. The molecule has 2 aliphatic rings. The Bertz CT molecular complexity index is 410. The van der Waals surface area contributed by atoms with Crippen molar-refractivity contribution in [3.8, 4) is 0 Å². The number of aliphatic carboxylic acids is 1. The molecular weight excluding hydrogens is 228 g/mol. The molecule has 16 heavy (non-hydrogen) atoms. The van der Waals surface area contributed by atoms with Crippen LogP contribution in [-0.2, 0) is 4.79 Å². The lowest BCUT2D eigenvalue weighted by Crippen LogP contribution is -1.97. The fourth-order valence-electron chi connectivity index (χ4n) is 2.48. The van der Waals surface area contributed by atoms with E-state index < -0.39 is 5.97 Å². The van der Waals surface area contributed by atoms with Crippen molar-refractivity contribution in [1.29, 1.82) is 0 Å². The quantitative estimate of drug-likeness (QED) is 0.808. The number of carboxylic acids is 1. The third kappa shape index (κ3) is 1.93. The van der Waals surface area contributed by atoms with Crippen LogP contribution in [0.4, 0.5) is 0 Å². The van der Waals surface area contributed by atoms with Crippen LogP contribution in [0.3, 0.4) is 0 Å². The second-order valence-corrected chi connectivity index (χ2v) is 5.44. The van der Waals surface area contributed by atoms with E-state index in [2.05, 4.69) is 10.2 Å². The number of fused-ring (bicyclic) bond motifs is 1. The standard InChI is InChI=1S/C10H12N2O3S/c13-8(14)4-16-10-12-11-9(15-10)7-2-5-1-6(5)3-7/h5-7H,1-4H2,(H,13,14). The minimum absolute atomic E-state index is 0.0302. The fraction of sp³-hybridized carbons (Fsp3) is 0.700. The highest BCUT2D eigenvalue weighted by Crippen LogP contribution is 2.57. The van der Waals surface area contributed by atoms with Crippen LogP contribution in [0.2, 0.25) is 0 Å². The molecule has 86 valence electrons. The van der Waals surface area contributed by atoms with Crippen LogP contribution in [-0.4, -0.2) is 27.0 Å². The Morgan fingerprint density at radius 3 is 2.81 bits per heavy atom. The van der Waals surface area contributed by atoms with Gasteiger partial charge in [-0.15, -0.1) is 10.2 Å². The van der Waals surface area contributed by atoms with E-state index in [0.29, 0.717) is 17.0 Å². The van der Waals surface area contributed by atoms with Crippen LogP contribution in [0.5, 0.6) is 0 Å². The summed E-state index contributed by atoms with van der Waals surface area (Å²) >= 11 is 1.08. The van der Waals surface area contributed by atoms with Gasteiger partial charge in [0.15, 0.2) is 0 Å². The predicted molar refractivity (Wildman–Crippen MR) is 56.2 cm³/mol. The third-order valence-electron chi connectivity index (χ3n) is 3.33. The highest BCUT2D eigenvalue weighted by molar-refractivity contribution is 7.99. The molecule has 6 heteroatoms. The molecule has 0 amide bonds. The SMILES string of the molecule is O=C(O)CSc1nnc(C2CC3CC3C2)o1. The van der Waals surface area contributed by atoms with Gasteiger partial charge in [-0.25, -0.2) is 0 Å². The van der Waals surface area contributed by atoms with Crippen molar-refractivity contribution in [2.45, 2.75) is 30.4 Å². The summed E-state index contributed by atoms with van der Waals surface area (Å²) in [7, 11) is 0. The first kappa shape index (κ1) is 10.1. The van der Waals surface area contributed by atoms with Gasteiger partial charge >= 0.3 is 5.97 Å². The van der Waals surface area contributed by atoms with Crippen LogP contribution in [0.25, 0.3) is 0 Å². The van der Waals surface area contributed by atoms with Gasteiger partial charge in [0, 0.05) is 5.92 Å². The maximum atomic E-state index is 10.4. The minimum Gasteiger partial charge on any atom is -0.481 e. The number of hydrogen-bond acceptors (Lipinski definition) is 5.